The van der Waals surface area contributed by atoms with Crippen LogP contribution in [0.1, 0.15) is 25.8 Å². The van der Waals surface area contributed by atoms with E-state index in [1.807, 2.05) is 4.90 Å². The molecule has 0 saturated carbocycles. The van der Waals surface area contributed by atoms with E-state index >= 15 is 0 Å². The van der Waals surface area contributed by atoms with Gasteiger partial charge in [-0.3, -0.25) is 10.1 Å². The van der Waals surface area contributed by atoms with E-state index in [1.165, 1.54) is 22.7 Å². The summed E-state index contributed by atoms with van der Waals surface area (Å²) in [6, 6.07) is 3.55. The molecule has 1 saturated heterocycles. The van der Waals surface area contributed by atoms with Crippen molar-refractivity contribution in [3.05, 3.63) is 34.6 Å². The van der Waals surface area contributed by atoms with E-state index < -0.39 is 18.2 Å². The number of hydrogen-bond donors (Lipinski definition) is 1. The fourth-order valence-corrected chi connectivity index (χ4v) is 4.49. The van der Waals surface area contributed by atoms with Crippen molar-refractivity contribution < 1.29 is 14.0 Å². The van der Waals surface area contributed by atoms with Crippen molar-refractivity contribution in [1.82, 2.24) is 15.1 Å². The Balaban J connectivity index is 1.83. The number of imide groups is 1. The van der Waals surface area contributed by atoms with E-state index in [4.69, 9.17) is 11.6 Å². The lowest BCUT2D eigenvalue weighted by atomic mass is 10.1. The van der Waals surface area contributed by atoms with Crippen molar-refractivity contribution in [3.63, 3.8) is 0 Å². The molecular weight excluding hydrogens is 391 g/mol. The lowest BCUT2D eigenvalue weighted by Crippen LogP contribution is -2.63. The minimum absolute atomic E-state index is 0.293. The number of likely N-dealkylation sites (N-methyl/N-ethyl adjacent to an activating group) is 1. The van der Waals surface area contributed by atoms with Crippen molar-refractivity contribution in [2.24, 2.45) is 10.9 Å². The van der Waals surface area contributed by atoms with Gasteiger partial charge in [0, 0.05) is 29.9 Å². The van der Waals surface area contributed by atoms with Crippen LogP contribution < -0.4 is 5.32 Å². The number of hydrogen-bond acceptors (Lipinski definition) is 5. The summed E-state index contributed by atoms with van der Waals surface area (Å²) >= 11 is 7.45. The first kappa shape index (κ1) is 19.9. The first-order chi connectivity index (χ1) is 12.8. The molecule has 3 amide bonds. The number of aliphatic imine (C=N–C) groups is 1. The normalized spacial score (nSPS) is 22.2. The number of carbonyl (C=O) groups is 2. The van der Waals surface area contributed by atoms with E-state index in [9.17, 15) is 14.0 Å². The molecule has 2 aliphatic heterocycles. The van der Waals surface area contributed by atoms with Gasteiger partial charge in [0.1, 0.15) is 5.82 Å². The minimum atomic E-state index is -0.572. The Hall–Kier alpha value is -1.80. The Kier molecular flexibility index (Phi) is 5.95. The Morgan fingerprint density at radius 2 is 2.11 bits per heavy atom. The summed E-state index contributed by atoms with van der Waals surface area (Å²) in [4.78, 5) is 32.3. The maximum atomic E-state index is 14.1. The van der Waals surface area contributed by atoms with Crippen molar-refractivity contribution >= 4 is 40.5 Å². The lowest BCUT2D eigenvalue weighted by molar-refractivity contribution is -0.127. The molecule has 0 aliphatic carbocycles. The highest BCUT2D eigenvalue weighted by Crippen LogP contribution is 2.32. The molecule has 0 spiro atoms. The predicted molar refractivity (Wildman–Crippen MR) is 105 cm³/mol. The SMILES string of the molecule is CC(C)CCN1C(SCc2c(F)cccc2Cl)=NC2C1C(=O)NC(=O)N2C. The lowest BCUT2D eigenvalue weighted by Gasteiger charge is -2.36. The zero-order chi connectivity index (χ0) is 19.7. The molecule has 0 bridgehead atoms. The summed E-state index contributed by atoms with van der Waals surface area (Å²) in [6.45, 7) is 4.84. The molecule has 0 aromatic heterocycles. The molecule has 1 aromatic carbocycles. The van der Waals surface area contributed by atoms with Crippen LogP contribution in [0.3, 0.4) is 0 Å². The summed E-state index contributed by atoms with van der Waals surface area (Å²) in [5, 5.41) is 3.36. The number of fused-ring (bicyclic) bond motifs is 1. The topological polar surface area (TPSA) is 65.0 Å². The predicted octanol–water partition coefficient (Wildman–Crippen LogP) is 3.31. The highest BCUT2D eigenvalue weighted by molar-refractivity contribution is 8.13. The van der Waals surface area contributed by atoms with Gasteiger partial charge in [0.15, 0.2) is 17.4 Å². The monoisotopic (exact) mass is 412 g/mol. The number of carbonyl (C=O) groups excluding carboxylic acids is 2. The van der Waals surface area contributed by atoms with Gasteiger partial charge in [-0.25, -0.2) is 14.2 Å². The van der Waals surface area contributed by atoms with Crippen LogP contribution in [0.4, 0.5) is 9.18 Å². The molecule has 6 nitrogen and oxygen atoms in total. The molecular formula is C18H22ClFN4O2S. The first-order valence-corrected chi connectivity index (χ1v) is 10.1. The third kappa shape index (κ3) is 4.06. The molecule has 27 heavy (non-hydrogen) atoms. The molecule has 146 valence electrons. The number of halogens is 2. The smallest absolute Gasteiger partial charge is 0.325 e. The van der Waals surface area contributed by atoms with Gasteiger partial charge in [0.2, 0.25) is 0 Å². The van der Waals surface area contributed by atoms with Gasteiger partial charge in [-0.1, -0.05) is 43.3 Å². The summed E-state index contributed by atoms with van der Waals surface area (Å²) in [7, 11) is 1.62. The summed E-state index contributed by atoms with van der Waals surface area (Å²) in [5.74, 6) is 0.0172. The van der Waals surface area contributed by atoms with Gasteiger partial charge in [-0.15, -0.1) is 0 Å². The van der Waals surface area contributed by atoms with Gasteiger partial charge in [0.05, 0.1) is 0 Å². The molecule has 2 heterocycles. The summed E-state index contributed by atoms with van der Waals surface area (Å²) in [6.07, 6.45) is 0.297. The molecule has 1 aromatic rings. The third-order valence-electron chi connectivity index (χ3n) is 4.68. The molecule has 2 unspecified atom stereocenters. The van der Waals surface area contributed by atoms with Crippen LogP contribution in [-0.4, -0.2) is 52.7 Å². The molecule has 0 radical (unpaired) electrons. The van der Waals surface area contributed by atoms with Crippen LogP contribution in [0.5, 0.6) is 0 Å². The average Bonchev–Trinajstić information content (AvgIpc) is 2.96. The van der Waals surface area contributed by atoms with Gasteiger partial charge in [-0.05, 0) is 24.5 Å². The fraction of sp³-hybridized carbons (Fsp3) is 0.500. The fourth-order valence-electron chi connectivity index (χ4n) is 3.06. The summed E-state index contributed by atoms with van der Waals surface area (Å²) in [5.41, 5.74) is 0.402. The van der Waals surface area contributed by atoms with Crippen LogP contribution in [0.2, 0.25) is 5.02 Å². The maximum absolute atomic E-state index is 14.1. The van der Waals surface area contributed by atoms with E-state index in [0.717, 1.165) is 6.42 Å². The van der Waals surface area contributed by atoms with Crippen LogP contribution in [-0.2, 0) is 10.5 Å². The molecule has 1 fully saturated rings. The van der Waals surface area contributed by atoms with Crippen molar-refractivity contribution in [3.8, 4) is 0 Å². The Morgan fingerprint density at radius 1 is 1.37 bits per heavy atom. The van der Waals surface area contributed by atoms with Gasteiger partial charge >= 0.3 is 6.03 Å². The molecule has 1 N–H and O–H groups in total. The number of benzene rings is 1. The molecule has 2 atom stereocenters. The number of amides is 3. The zero-order valence-electron chi connectivity index (χ0n) is 15.4. The number of rotatable bonds is 5. The Labute approximate surface area is 167 Å². The number of nitrogens with one attached hydrogen (secondary N) is 1. The molecule has 9 heteroatoms. The largest absolute Gasteiger partial charge is 0.336 e. The van der Waals surface area contributed by atoms with Crippen LogP contribution in [0, 0.1) is 11.7 Å². The maximum Gasteiger partial charge on any atom is 0.325 e. The van der Waals surface area contributed by atoms with Crippen molar-refractivity contribution in [2.45, 2.75) is 38.2 Å². The van der Waals surface area contributed by atoms with Gasteiger partial charge < -0.3 is 9.80 Å². The van der Waals surface area contributed by atoms with Gasteiger partial charge in [0.25, 0.3) is 5.91 Å². The second-order valence-corrected chi connectivity index (χ2v) is 8.39. The standard InChI is InChI=1S/C18H22ClFN4O2S/c1-10(2)7-8-24-14-15(23(3)17(26)22-16(14)25)21-18(24)27-9-11-12(19)5-4-6-13(11)20/h4-6,10,14-15H,7-9H2,1-3H3,(H,22,25,26). The number of thioether (sulfide) groups is 1. The average molecular weight is 413 g/mol. The number of nitrogens with zero attached hydrogens (tertiary/aromatic N) is 3. The Morgan fingerprint density at radius 3 is 2.78 bits per heavy atom. The van der Waals surface area contributed by atoms with Crippen LogP contribution in [0.25, 0.3) is 0 Å². The van der Waals surface area contributed by atoms with Crippen LogP contribution in [0.15, 0.2) is 23.2 Å². The number of urea groups is 1. The number of amidine groups is 1. The van der Waals surface area contributed by atoms with E-state index in [-0.39, 0.29) is 11.7 Å². The second-order valence-electron chi connectivity index (χ2n) is 7.04. The summed E-state index contributed by atoms with van der Waals surface area (Å²) < 4.78 is 14.1. The highest BCUT2D eigenvalue weighted by atomic mass is 35.5. The molecule has 3 rings (SSSR count). The van der Waals surface area contributed by atoms with E-state index in [2.05, 4.69) is 24.2 Å². The van der Waals surface area contributed by atoms with Gasteiger partial charge in [-0.2, -0.15) is 0 Å². The van der Waals surface area contributed by atoms with E-state index in [0.29, 0.717) is 34.0 Å². The van der Waals surface area contributed by atoms with E-state index in [1.54, 1.807) is 19.2 Å². The Bertz CT molecular complexity index is 768. The quantitative estimate of drug-likeness (QED) is 0.805. The second kappa shape index (κ2) is 8.06. The van der Waals surface area contributed by atoms with Crippen molar-refractivity contribution in [1.29, 1.82) is 0 Å². The van der Waals surface area contributed by atoms with Crippen molar-refractivity contribution in [2.75, 3.05) is 13.6 Å². The zero-order valence-corrected chi connectivity index (χ0v) is 17.0. The third-order valence-corrected chi connectivity index (χ3v) is 6.06. The van der Waals surface area contributed by atoms with Crippen LogP contribution >= 0.6 is 23.4 Å². The first-order valence-electron chi connectivity index (χ1n) is 8.77. The molecule has 2 aliphatic rings. The minimum Gasteiger partial charge on any atom is -0.336 e. The highest BCUT2D eigenvalue weighted by Gasteiger charge is 2.48.